The van der Waals surface area contributed by atoms with Gasteiger partial charge in [-0.15, -0.1) is 0 Å². The molecule has 2 aromatic carbocycles. The first-order valence-corrected chi connectivity index (χ1v) is 20.9. The Morgan fingerprint density at radius 1 is 0.875 bits per heavy atom. The van der Waals surface area contributed by atoms with Crippen LogP contribution in [0.4, 0.5) is 0 Å². The molecule has 0 amide bonds. The zero-order valence-electron chi connectivity index (χ0n) is 20.8. The topological polar surface area (TPSA) is 63.6 Å². The van der Waals surface area contributed by atoms with Crippen LogP contribution in [0.25, 0.3) is 0 Å². The fourth-order valence-electron chi connectivity index (χ4n) is 3.48. The van der Waals surface area contributed by atoms with Gasteiger partial charge < -0.3 is 0 Å². The fourth-order valence-corrected chi connectivity index (χ4v) is 14.9. The Labute approximate surface area is 197 Å². The van der Waals surface area contributed by atoms with Crippen LogP contribution in [0.5, 0.6) is 0 Å². The van der Waals surface area contributed by atoms with E-state index in [-0.39, 0.29) is 10.8 Å². The summed E-state index contributed by atoms with van der Waals surface area (Å²) in [5, 5.41) is 0.987. The molecule has 2 rings (SSSR count). The lowest BCUT2D eigenvalue weighted by Gasteiger charge is -2.29. The number of nitrogens with zero attached hydrogens (tertiary/aromatic N) is 1. The van der Waals surface area contributed by atoms with E-state index >= 15 is 4.21 Å². The highest BCUT2D eigenvalue weighted by Crippen LogP contribution is 2.33. The van der Waals surface area contributed by atoms with Crippen molar-refractivity contribution in [3.8, 4) is 0 Å². The van der Waals surface area contributed by atoms with Gasteiger partial charge in [0.25, 0.3) is 10.0 Å². The number of sulfonamides is 1. The third kappa shape index (κ3) is 6.09. The van der Waals surface area contributed by atoms with Crippen molar-refractivity contribution in [3.63, 3.8) is 0 Å². The van der Waals surface area contributed by atoms with E-state index in [0.29, 0.717) is 9.42 Å². The first-order chi connectivity index (χ1) is 14.5. The van der Waals surface area contributed by atoms with Crippen molar-refractivity contribution >= 4 is 41.1 Å². The second kappa shape index (κ2) is 9.40. The van der Waals surface area contributed by atoms with Gasteiger partial charge in [-0.1, -0.05) is 98.9 Å². The summed E-state index contributed by atoms with van der Waals surface area (Å²) in [4.78, 5) is 0.630. The molecule has 0 aromatic heterocycles. The van der Waals surface area contributed by atoms with E-state index in [2.05, 4.69) is 43.1 Å². The maximum Gasteiger partial charge on any atom is 0.290 e. The van der Waals surface area contributed by atoms with Crippen LogP contribution in [-0.4, -0.2) is 28.8 Å². The molecule has 0 fully saturated rings. The smallest absolute Gasteiger partial charge is 0.239 e. The molecular weight excluding hydrogens is 471 g/mol. The van der Waals surface area contributed by atoms with Gasteiger partial charge in [0.2, 0.25) is 0 Å². The van der Waals surface area contributed by atoms with Crippen molar-refractivity contribution in [1.82, 2.24) is 0 Å². The average Bonchev–Trinajstić information content (AvgIpc) is 2.64. The van der Waals surface area contributed by atoms with E-state index in [1.54, 1.807) is 24.3 Å². The van der Waals surface area contributed by atoms with E-state index < -0.39 is 35.9 Å². The third-order valence-electron chi connectivity index (χ3n) is 5.04. The van der Waals surface area contributed by atoms with Crippen LogP contribution in [-0.2, 0) is 19.8 Å². The predicted octanol–water partition coefficient (Wildman–Crippen LogP) is 6.17. The van der Waals surface area contributed by atoms with Crippen molar-refractivity contribution in [2.24, 2.45) is 9.69 Å². The summed E-state index contributed by atoms with van der Waals surface area (Å²) < 4.78 is 47.0. The summed E-state index contributed by atoms with van der Waals surface area (Å²) in [7, 11) is -11.7. The number of rotatable bonds is 7. The largest absolute Gasteiger partial charge is 0.290 e. The zero-order valence-corrected chi connectivity index (χ0v) is 24.4. The predicted molar refractivity (Wildman–Crippen MR) is 143 cm³/mol. The van der Waals surface area contributed by atoms with Crippen LogP contribution in [0.3, 0.4) is 0 Å². The highest BCUT2D eigenvalue weighted by molar-refractivity contribution is 8.07. The van der Waals surface area contributed by atoms with Crippen LogP contribution >= 0.6 is 0 Å². The minimum atomic E-state index is -4.14. The van der Waals surface area contributed by atoms with Gasteiger partial charge in [-0.3, -0.25) is 0 Å². The summed E-state index contributed by atoms with van der Waals surface area (Å²) >= 11 is 0. The molecule has 0 spiro atoms. The monoisotopic (exact) mass is 507 g/mol. The molecular formula is C24H37NO3S2Si2. The quantitative estimate of drug-likeness (QED) is 0.421. The van der Waals surface area contributed by atoms with Crippen molar-refractivity contribution < 1.29 is 12.6 Å². The van der Waals surface area contributed by atoms with Crippen molar-refractivity contribution in [2.45, 2.75) is 69.8 Å². The van der Waals surface area contributed by atoms with Gasteiger partial charge in [-0.25, -0.2) is 4.21 Å². The maximum atomic E-state index is 15.0. The summed E-state index contributed by atoms with van der Waals surface area (Å²) in [6.45, 7) is 18.8. The van der Waals surface area contributed by atoms with Crippen molar-refractivity contribution in [3.05, 3.63) is 64.7 Å². The molecule has 4 nitrogen and oxygen atoms in total. The molecule has 0 N–H and O–H groups in total. The second-order valence-corrected chi connectivity index (χ2v) is 25.0. The molecule has 1 atom stereocenters. The molecule has 0 aliphatic carbocycles. The summed E-state index contributed by atoms with van der Waals surface area (Å²) in [6, 6.07) is 14.1. The highest BCUT2D eigenvalue weighted by Gasteiger charge is 2.36. The normalized spacial score (nSPS) is 15.5. The molecule has 2 aromatic rings. The molecule has 0 unspecified atom stereocenters. The van der Waals surface area contributed by atoms with Crippen LogP contribution in [0.2, 0.25) is 39.3 Å². The molecule has 32 heavy (non-hydrogen) atoms. The van der Waals surface area contributed by atoms with Gasteiger partial charge in [0.1, 0.15) is 9.73 Å². The first kappa shape index (κ1) is 26.8. The Morgan fingerprint density at radius 3 is 1.88 bits per heavy atom. The van der Waals surface area contributed by atoms with Gasteiger partial charge in [-0.05, 0) is 36.2 Å². The number of allylic oxidation sites excluding steroid dienone is 1. The average molecular weight is 508 g/mol. The molecule has 0 saturated carbocycles. The standard InChI is InChI=1S/C24H37NO3S2Si2/c1-19(2)18-24(32(7,8)9)29(26,22-12-10-11-13-23(22)31(4,5)6)25-30(27,28)21-16-14-20(3)15-17-21/h10-19H,1-9H3/b24-18-/t29-/m0/s1. The Morgan fingerprint density at radius 2 is 1.41 bits per heavy atom. The van der Waals surface area contributed by atoms with Crippen LogP contribution < -0.4 is 5.19 Å². The number of benzene rings is 2. The van der Waals surface area contributed by atoms with Crippen molar-refractivity contribution in [1.29, 1.82) is 0 Å². The summed E-state index contributed by atoms with van der Waals surface area (Å²) in [5.74, 6) is 0.119. The van der Waals surface area contributed by atoms with Crippen LogP contribution in [0, 0.1) is 12.8 Å². The molecule has 0 heterocycles. The van der Waals surface area contributed by atoms with E-state index in [0.717, 1.165) is 10.8 Å². The molecule has 0 radical (unpaired) electrons. The zero-order chi connectivity index (χ0) is 24.5. The first-order valence-electron chi connectivity index (χ1n) is 10.9. The minimum absolute atomic E-state index is 0.0702. The second-order valence-electron chi connectivity index (χ2n) is 10.7. The van der Waals surface area contributed by atoms with Gasteiger partial charge in [0.05, 0.1) is 25.9 Å². The highest BCUT2D eigenvalue weighted by atomic mass is 32.3. The molecule has 0 aliphatic heterocycles. The minimum Gasteiger partial charge on any atom is -0.239 e. The lowest BCUT2D eigenvalue weighted by Crippen LogP contribution is -2.42. The number of aryl methyl sites for hydroxylation is 1. The van der Waals surface area contributed by atoms with Gasteiger partial charge in [0, 0.05) is 4.53 Å². The molecule has 176 valence electrons. The molecule has 8 heteroatoms. The van der Waals surface area contributed by atoms with Crippen molar-refractivity contribution in [2.75, 3.05) is 0 Å². The SMILES string of the molecule is Cc1ccc(S(=O)(=O)N=[S@@](=O)(/C(=C/C(C)C)[Si](C)(C)C)c2ccccc2[Si](C)(C)C)cc1. The fraction of sp³-hybridized carbons (Fsp3) is 0.417. The third-order valence-corrected chi connectivity index (χ3v) is 15.8. The number of hydrogen-bond donors (Lipinski definition) is 0. The van der Waals surface area contributed by atoms with Gasteiger partial charge in [0.15, 0.2) is 0 Å². The van der Waals surface area contributed by atoms with Gasteiger partial charge in [-0.2, -0.15) is 8.42 Å². The Bertz CT molecular complexity index is 1230. The number of hydrogen-bond acceptors (Lipinski definition) is 3. The van der Waals surface area contributed by atoms with E-state index in [1.165, 1.54) is 0 Å². The molecule has 0 aliphatic rings. The van der Waals surface area contributed by atoms with E-state index in [1.807, 2.05) is 51.1 Å². The Hall–Kier alpha value is -1.49. The van der Waals surface area contributed by atoms with E-state index in [4.69, 9.17) is 0 Å². The van der Waals surface area contributed by atoms with Gasteiger partial charge >= 0.3 is 0 Å². The summed E-state index contributed by atoms with van der Waals surface area (Å²) in [5.41, 5.74) is 0.955. The maximum absolute atomic E-state index is 15.0. The lowest BCUT2D eigenvalue weighted by atomic mass is 10.2. The lowest BCUT2D eigenvalue weighted by molar-refractivity contribution is 0.598. The molecule has 0 saturated heterocycles. The molecule has 0 bridgehead atoms. The van der Waals surface area contributed by atoms with E-state index in [9.17, 15) is 8.42 Å². The Balaban J connectivity index is 3.06. The Kier molecular flexibility index (Phi) is 7.87. The van der Waals surface area contributed by atoms with Crippen LogP contribution in [0.1, 0.15) is 19.4 Å². The summed E-state index contributed by atoms with van der Waals surface area (Å²) in [6.07, 6.45) is 1.99. The van der Waals surface area contributed by atoms with Crippen LogP contribution in [0.15, 0.2) is 72.7 Å².